The van der Waals surface area contributed by atoms with Crippen LogP contribution < -0.4 is 15.8 Å². The van der Waals surface area contributed by atoms with Crippen LogP contribution in [0.5, 0.6) is 0 Å². The van der Waals surface area contributed by atoms with Crippen LogP contribution in [0.4, 0.5) is 5.82 Å². The van der Waals surface area contributed by atoms with Gasteiger partial charge in [-0.05, 0) is 45.0 Å². The van der Waals surface area contributed by atoms with Gasteiger partial charge < -0.3 is 9.73 Å². The van der Waals surface area contributed by atoms with Crippen LogP contribution in [0, 0.1) is 20.8 Å². The van der Waals surface area contributed by atoms with Crippen LogP contribution in [-0.4, -0.2) is 45.8 Å². The third kappa shape index (κ3) is 4.27. The number of nitrogens with zero attached hydrogens (tertiary/aromatic N) is 5. The standard InChI is InChI=1S/C20H23N7O4S/c1-12-9-13(2)27(25-12)19-11-18(23-14(3)24-19)21-7-8-22-32(29,30)15-5-6-17-16(10-15)26(4)20(28)31-17/h5-6,9-11,22H,7-8H2,1-4H3,(H,21,23,24). The Labute approximate surface area is 184 Å². The Balaban J connectivity index is 1.43. The smallest absolute Gasteiger partial charge is 0.408 e. The maximum atomic E-state index is 12.6. The molecule has 0 saturated carbocycles. The topological polar surface area (TPSA) is 137 Å². The molecule has 0 fully saturated rings. The van der Waals surface area contributed by atoms with Crippen molar-refractivity contribution in [2.45, 2.75) is 25.7 Å². The van der Waals surface area contributed by atoms with Crippen LogP contribution in [0.3, 0.4) is 0 Å². The molecule has 168 valence electrons. The highest BCUT2D eigenvalue weighted by Gasteiger charge is 2.16. The number of benzene rings is 1. The van der Waals surface area contributed by atoms with Crippen LogP contribution in [0.2, 0.25) is 0 Å². The Morgan fingerprint density at radius 2 is 1.84 bits per heavy atom. The molecular formula is C20H23N7O4S. The largest absolute Gasteiger partial charge is 0.419 e. The van der Waals surface area contributed by atoms with Gasteiger partial charge in [0.1, 0.15) is 11.6 Å². The minimum absolute atomic E-state index is 0.0473. The van der Waals surface area contributed by atoms with Crippen molar-refractivity contribution in [2.24, 2.45) is 7.05 Å². The zero-order chi connectivity index (χ0) is 23.0. The normalized spacial score (nSPS) is 11.9. The van der Waals surface area contributed by atoms with Gasteiger partial charge in [0.25, 0.3) is 0 Å². The van der Waals surface area contributed by atoms with E-state index in [4.69, 9.17) is 4.42 Å². The highest BCUT2D eigenvalue weighted by atomic mass is 32.2. The van der Waals surface area contributed by atoms with Gasteiger partial charge >= 0.3 is 5.76 Å². The molecule has 4 aromatic rings. The summed E-state index contributed by atoms with van der Waals surface area (Å²) >= 11 is 0. The van der Waals surface area contributed by atoms with Gasteiger partial charge in [-0.2, -0.15) is 5.10 Å². The van der Waals surface area contributed by atoms with E-state index >= 15 is 0 Å². The predicted molar refractivity (Wildman–Crippen MR) is 118 cm³/mol. The van der Waals surface area contributed by atoms with Gasteiger partial charge in [0.15, 0.2) is 11.4 Å². The van der Waals surface area contributed by atoms with Crippen LogP contribution in [0.15, 0.2) is 44.4 Å². The van der Waals surface area contributed by atoms with Crippen molar-refractivity contribution in [1.82, 2.24) is 29.0 Å². The number of aryl methyl sites for hydroxylation is 4. The number of hydrogen-bond acceptors (Lipinski definition) is 8. The molecule has 32 heavy (non-hydrogen) atoms. The third-order valence-corrected chi connectivity index (χ3v) is 6.31. The summed E-state index contributed by atoms with van der Waals surface area (Å²) in [4.78, 5) is 20.4. The number of hydrogen-bond donors (Lipinski definition) is 2. The van der Waals surface area contributed by atoms with Crippen molar-refractivity contribution in [1.29, 1.82) is 0 Å². The molecule has 0 amide bonds. The molecule has 0 saturated heterocycles. The number of anilines is 1. The van der Waals surface area contributed by atoms with Gasteiger partial charge in [-0.1, -0.05) is 0 Å². The Kier molecular flexibility index (Phi) is 5.57. The lowest BCUT2D eigenvalue weighted by atomic mass is 10.3. The highest BCUT2D eigenvalue weighted by molar-refractivity contribution is 7.89. The van der Waals surface area contributed by atoms with E-state index < -0.39 is 15.8 Å². The van der Waals surface area contributed by atoms with E-state index in [-0.39, 0.29) is 11.4 Å². The first kappa shape index (κ1) is 21.7. The predicted octanol–water partition coefficient (Wildman–Crippen LogP) is 1.42. The Morgan fingerprint density at radius 3 is 2.56 bits per heavy atom. The first-order valence-corrected chi connectivity index (χ1v) is 11.3. The van der Waals surface area contributed by atoms with Gasteiger partial charge in [-0.15, -0.1) is 0 Å². The number of fused-ring (bicyclic) bond motifs is 1. The van der Waals surface area contributed by atoms with E-state index in [1.807, 2.05) is 19.9 Å². The average Bonchev–Trinajstić information content (AvgIpc) is 3.22. The van der Waals surface area contributed by atoms with Gasteiger partial charge in [-0.25, -0.2) is 32.6 Å². The van der Waals surface area contributed by atoms with E-state index in [1.165, 1.54) is 29.8 Å². The molecule has 0 radical (unpaired) electrons. The molecule has 0 bridgehead atoms. The zero-order valence-corrected chi connectivity index (χ0v) is 18.9. The van der Waals surface area contributed by atoms with E-state index in [1.54, 1.807) is 17.7 Å². The Morgan fingerprint density at radius 1 is 1.06 bits per heavy atom. The minimum Gasteiger partial charge on any atom is -0.408 e. The summed E-state index contributed by atoms with van der Waals surface area (Å²) in [6.45, 7) is 6.06. The molecule has 4 rings (SSSR count). The van der Waals surface area contributed by atoms with Crippen molar-refractivity contribution in [3.8, 4) is 5.82 Å². The van der Waals surface area contributed by atoms with Crippen molar-refractivity contribution in [3.05, 3.63) is 58.1 Å². The molecular weight excluding hydrogens is 434 g/mol. The number of rotatable bonds is 7. The number of aromatic nitrogens is 5. The van der Waals surface area contributed by atoms with Crippen molar-refractivity contribution < 1.29 is 12.8 Å². The van der Waals surface area contributed by atoms with E-state index in [0.29, 0.717) is 35.1 Å². The monoisotopic (exact) mass is 457 g/mol. The summed E-state index contributed by atoms with van der Waals surface area (Å²) < 4.78 is 35.9. The van der Waals surface area contributed by atoms with Gasteiger partial charge in [-0.3, -0.25) is 4.57 Å². The zero-order valence-electron chi connectivity index (χ0n) is 18.1. The van der Waals surface area contributed by atoms with Crippen molar-refractivity contribution in [3.63, 3.8) is 0 Å². The fourth-order valence-corrected chi connectivity index (χ4v) is 4.40. The third-order valence-electron chi connectivity index (χ3n) is 4.85. The SMILES string of the molecule is Cc1cc(C)n(-c2cc(NCCNS(=O)(=O)c3ccc4oc(=O)n(C)c4c3)nc(C)n2)n1. The molecule has 0 unspecified atom stereocenters. The maximum absolute atomic E-state index is 12.6. The first-order valence-electron chi connectivity index (χ1n) is 9.86. The molecule has 0 spiro atoms. The number of nitrogens with one attached hydrogen (secondary N) is 2. The Hall–Kier alpha value is -3.51. The lowest BCUT2D eigenvalue weighted by molar-refractivity contribution is 0.528. The van der Waals surface area contributed by atoms with E-state index in [9.17, 15) is 13.2 Å². The van der Waals surface area contributed by atoms with Crippen LogP contribution in [0.25, 0.3) is 16.9 Å². The number of sulfonamides is 1. The summed E-state index contributed by atoms with van der Waals surface area (Å²) in [6, 6.07) is 7.99. The van der Waals surface area contributed by atoms with Crippen molar-refractivity contribution in [2.75, 3.05) is 18.4 Å². The molecule has 0 aliphatic rings. The quantitative estimate of drug-likeness (QED) is 0.398. The first-order chi connectivity index (χ1) is 15.1. The second-order valence-corrected chi connectivity index (χ2v) is 9.15. The fourth-order valence-electron chi connectivity index (χ4n) is 3.34. The second kappa shape index (κ2) is 8.20. The molecule has 1 aromatic carbocycles. The number of oxazole rings is 1. The summed E-state index contributed by atoms with van der Waals surface area (Å²) in [5, 5.41) is 7.54. The lowest BCUT2D eigenvalue weighted by Crippen LogP contribution is -2.29. The van der Waals surface area contributed by atoms with Gasteiger partial charge in [0, 0.05) is 31.9 Å². The van der Waals surface area contributed by atoms with E-state index in [2.05, 4.69) is 25.1 Å². The lowest BCUT2D eigenvalue weighted by Gasteiger charge is -2.11. The summed E-state index contributed by atoms with van der Waals surface area (Å²) in [5.41, 5.74) is 2.57. The Bertz CT molecular complexity index is 1470. The molecule has 0 aliphatic heterocycles. The fraction of sp³-hybridized carbons (Fsp3) is 0.300. The summed E-state index contributed by atoms with van der Waals surface area (Å²) in [5.74, 6) is 1.21. The van der Waals surface area contributed by atoms with Crippen LogP contribution >= 0.6 is 0 Å². The summed E-state index contributed by atoms with van der Waals surface area (Å²) in [6.07, 6.45) is 0. The van der Waals surface area contributed by atoms with E-state index in [0.717, 1.165) is 11.4 Å². The minimum atomic E-state index is -3.77. The molecule has 3 aromatic heterocycles. The molecule has 2 N–H and O–H groups in total. The maximum Gasteiger partial charge on any atom is 0.419 e. The molecule has 3 heterocycles. The van der Waals surface area contributed by atoms with Crippen LogP contribution in [0.1, 0.15) is 17.2 Å². The van der Waals surface area contributed by atoms with Gasteiger partial charge in [0.2, 0.25) is 10.0 Å². The second-order valence-electron chi connectivity index (χ2n) is 7.38. The summed E-state index contributed by atoms with van der Waals surface area (Å²) in [7, 11) is -2.25. The molecule has 0 atom stereocenters. The van der Waals surface area contributed by atoms with Gasteiger partial charge in [0.05, 0.1) is 16.1 Å². The average molecular weight is 458 g/mol. The molecule has 11 nitrogen and oxygen atoms in total. The van der Waals surface area contributed by atoms with Crippen molar-refractivity contribution >= 4 is 26.9 Å². The molecule has 0 aliphatic carbocycles. The van der Waals surface area contributed by atoms with Crippen LogP contribution in [-0.2, 0) is 17.1 Å². The molecule has 12 heteroatoms. The highest BCUT2D eigenvalue weighted by Crippen LogP contribution is 2.18.